The Hall–Kier alpha value is -2.51. The Morgan fingerprint density at radius 2 is 1.85 bits per heavy atom. The van der Waals surface area contributed by atoms with Crippen LogP contribution in [0.4, 0.5) is 5.69 Å². The van der Waals surface area contributed by atoms with Crippen LogP contribution in [0.3, 0.4) is 0 Å². The van der Waals surface area contributed by atoms with Crippen molar-refractivity contribution in [3.05, 3.63) is 91.3 Å². The summed E-state index contributed by atoms with van der Waals surface area (Å²) in [5.41, 5.74) is 3.31. The number of hydrogen-bond donors (Lipinski definition) is 2. The van der Waals surface area contributed by atoms with E-state index in [9.17, 15) is 4.79 Å². The fourth-order valence-electron chi connectivity index (χ4n) is 3.29. The van der Waals surface area contributed by atoms with Gasteiger partial charge < -0.3 is 20.1 Å². The van der Waals surface area contributed by atoms with Crippen LogP contribution < -0.4 is 20.1 Å². The maximum Gasteiger partial charge on any atom is 0.260 e. The number of hydrogen-bond acceptors (Lipinski definition) is 5. The first-order valence-electron chi connectivity index (χ1n) is 10.3. The Bertz CT molecular complexity index is 1270. The summed E-state index contributed by atoms with van der Waals surface area (Å²) in [7, 11) is 1.57. The first-order valence-corrected chi connectivity index (χ1v) is 12.3. The molecule has 0 radical (unpaired) electrons. The van der Waals surface area contributed by atoms with Crippen molar-refractivity contribution in [2.24, 2.45) is 0 Å². The van der Waals surface area contributed by atoms with Crippen LogP contribution in [-0.2, 0) is 11.4 Å². The molecule has 5 nitrogen and oxygen atoms in total. The molecular formula is C25H21Cl3N2O3S. The summed E-state index contributed by atoms with van der Waals surface area (Å²) in [4.78, 5) is 13.1. The summed E-state index contributed by atoms with van der Waals surface area (Å²) >= 11 is 19.5. The lowest BCUT2D eigenvalue weighted by atomic mass is 10.2. The molecule has 0 spiro atoms. The fraction of sp³-hybridized carbons (Fsp3) is 0.160. The van der Waals surface area contributed by atoms with E-state index in [1.807, 2.05) is 55.5 Å². The van der Waals surface area contributed by atoms with Crippen LogP contribution >= 0.6 is 46.6 Å². The average molecular weight is 536 g/mol. The molecule has 3 aromatic carbocycles. The lowest BCUT2D eigenvalue weighted by molar-refractivity contribution is -0.116. The van der Waals surface area contributed by atoms with Gasteiger partial charge >= 0.3 is 0 Å². The molecule has 0 aromatic heterocycles. The lowest BCUT2D eigenvalue weighted by Crippen LogP contribution is -2.31. The number of benzene rings is 3. The minimum atomic E-state index is -0.299. The Labute approximate surface area is 217 Å². The molecule has 9 heteroatoms. The van der Waals surface area contributed by atoms with Crippen molar-refractivity contribution in [2.75, 3.05) is 12.4 Å². The SMILES string of the molecule is COc1cc(/C=C2\SC(Nc3cc(Cl)ccc3C)NC2=O)ccc1OCc1ccc(Cl)c(Cl)c1. The molecule has 1 fully saturated rings. The molecule has 0 aliphatic carbocycles. The summed E-state index contributed by atoms with van der Waals surface area (Å²) in [5.74, 6) is 0.985. The minimum absolute atomic E-state index is 0.152. The van der Waals surface area contributed by atoms with Gasteiger partial charge in [0.1, 0.15) is 6.61 Å². The number of methoxy groups -OCH3 is 1. The molecule has 1 unspecified atom stereocenters. The van der Waals surface area contributed by atoms with Gasteiger partial charge in [-0.3, -0.25) is 4.79 Å². The van der Waals surface area contributed by atoms with E-state index in [4.69, 9.17) is 44.3 Å². The molecule has 1 atom stereocenters. The number of halogens is 3. The smallest absolute Gasteiger partial charge is 0.260 e. The number of ether oxygens (including phenoxy) is 2. The van der Waals surface area contributed by atoms with Crippen molar-refractivity contribution in [2.45, 2.75) is 19.0 Å². The van der Waals surface area contributed by atoms with Crippen molar-refractivity contribution < 1.29 is 14.3 Å². The van der Waals surface area contributed by atoms with Crippen molar-refractivity contribution in [1.82, 2.24) is 5.32 Å². The van der Waals surface area contributed by atoms with Crippen LogP contribution in [0.15, 0.2) is 59.5 Å². The average Bonchev–Trinajstić information content (AvgIpc) is 3.15. The van der Waals surface area contributed by atoms with Crippen LogP contribution in [0.5, 0.6) is 11.5 Å². The second-order valence-electron chi connectivity index (χ2n) is 7.53. The predicted molar refractivity (Wildman–Crippen MR) is 141 cm³/mol. The second-order valence-corrected chi connectivity index (χ2v) is 9.93. The minimum Gasteiger partial charge on any atom is -0.493 e. The van der Waals surface area contributed by atoms with E-state index in [1.54, 1.807) is 19.2 Å². The highest BCUT2D eigenvalue weighted by atomic mass is 35.5. The van der Waals surface area contributed by atoms with E-state index in [0.29, 0.717) is 38.1 Å². The predicted octanol–water partition coefficient (Wildman–Crippen LogP) is 7.14. The van der Waals surface area contributed by atoms with Crippen LogP contribution in [0.25, 0.3) is 6.08 Å². The van der Waals surface area contributed by atoms with Gasteiger partial charge in [0.2, 0.25) is 0 Å². The maximum absolute atomic E-state index is 12.5. The number of thioether (sulfide) groups is 1. The molecule has 176 valence electrons. The van der Waals surface area contributed by atoms with Crippen LogP contribution in [0, 0.1) is 6.92 Å². The third-order valence-corrected chi connectivity index (χ3v) is 7.08. The van der Waals surface area contributed by atoms with Crippen LogP contribution in [-0.4, -0.2) is 18.5 Å². The van der Waals surface area contributed by atoms with E-state index < -0.39 is 0 Å². The molecule has 34 heavy (non-hydrogen) atoms. The monoisotopic (exact) mass is 534 g/mol. The number of rotatable bonds is 7. The van der Waals surface area contributed by atoms with Crippen LogP contribution in [0.1, 0.15) is 16.7 Å². The van der Waals surface area contributed by atoms with Gasteiger partial charge in [-0.2, -0.15) is 0 Å². The van der Waals surface area contributed by atoms with Gasteiger partial charge in [-0.05, 0) is 66.1 Å². The summed E-state index contributed by atoms with van der Waals surface area (Å²) in [6.45, 7) is 2.29. The number of anilines is 1. The molecule has 3 aromatic rings. The summed E-state index contributed by atoms with van der Waals surface area (Å²) in [6, 6.07) is 16.5. The molecule has 0 saturated carbocycles. The summed E-state index contributed by atoms with van der Waals surface area (Å²) in [6.07, 6.45) is 1.82. The maximum atomic E-state index is 12.5. The Kier molecular flexibility index (Phi) is 7.84. The van der Waals surface area contributed by atoms with E-state index in [2.05, 4.69) is 10.6 Å². The highest BCUT2D eigenvalue weighted by Crippen LogP contribution is 2.34. The molecule has 1 aliphatic rings. The van der Waals surface area contributed by atoms with Crippen molar-refractivity contribution in [3.8, 4) is 11.5 Å². The van der Waals surface area contributed by atoms with Crippen molar-refractivity contribution in [1.29, 1.82) is 0 Å². The topological polar surface area (TPSA) is 59.6 Å². The third-order valence-electron chi connectivity index (χ3n) is 5.08. The number of amides is 1. The third kappa shape index (κ3) is 5.94. The number of carbonyl (C=O) groups excluding carboxylic acids is 1. The Balaban J connectivity index is 1.45. The van der Waals surface area contributed by atoms with Gasteiger partial charge in [0.15, 0.2) is 17.0 Å². The highest BCUT2D eigenvalue weighted by Gasteiger charge is 2.27. The van der Waals surface area contributed by atoms with E-state index in [0.717, 1.165) is 22.4 Å². The van der Waals surface area contributed by atoms with Gasteiger partial charge in [-0.25, -0.2) is 0 Å². The quantitative estimate of drug-likeness (QED) is 0.315. The molecule has 1 heterocycles. The van der Waals surface area contributed by atoms with E-state index >= 15 is 0 Å². The number of carbonyl (C=O) groups is 1. The first kappa shape index (κ1) is 24.6. The Morgan fingerprint density at radius 3 is 2.62 bits per heavy atom. The molecule has 0 bridgehead atoms. The molecule has 2 N–H and O–H groups in total. The van der Waals surface area contributed by atoms with Gasteiger partial charge in [-0.15, -0.1) is 0 Å². The number of aryl methyl sites for hydroxylation is 1. The lowest BCUT2D eigenvalue weighted by Gasteiger charge is -2.15. The molecular weight excluding hydrogens is 515 g/mol. The Morgan fingerprint density at radius 1 is 1.03 bits per heavy atom. The standard InChI is InChI=1S/C25H21Cl3N2O3S/c1-14-3-6-17(26)12-20(14)29-25-30-24(31)23(34-25)11-15-5-8-21(22(10-15)32-2)33-13-16-4-7-18(27)19(28)9-16/h3-12,25,29H,13H2,1-2H3,(H,30,31)/b23-11-. The fourth-order valence-corrected chi connectivity index (χ4v) is 4.76. The zero-order valence-corrected chi connectivity index (χ0v) is 21.4. The molecule has 4 rings (SSSR count). The van der Waals surface area contributed by atoms with Crippen LogP contribution in [0.2, 0.25) is 15.1 Å². The van der Waals surface area contributed by atoms with Gasteiger partial charge in [0.25, 0.3) is 5.91 Å². The molecule has 1 aliphatic heterocycles. The van der Waals surface area contributed by atoms with Gasteiger partial charge in [-0.1, -0.05) is 64.8 Å². The van der Waals surface area contributed by atoms with Crippen molar-refractivity contribution >= 4 is 64.2 Å². The van der Waals surface area contributed by atoms with Crippen molar-refractivity contribution in [3.63, 3.8) is 0 Å². The summed E-state index contributed by atoms with van der Waals surface area (Å²) in [5, 5.41) is 7.84. The number of nitrogens with one attached hydrogen (secondary N) is 2. The normalized spacial score (nSPS) is 16.4. The van der Waals surface area contributed by atoms with E-state index in [-0.39, 0.29) is 11.4 Å². The van der Waals surface area contributed by atoms with Gasteiger partial charge in [0.05, 0.1) is 22.1 Å². The second kappa shape index (κ2) is 10.8. The largest absolute Gasteiger partial charge is 0.493 e. The van der Waals surface area contributed by atoms with Gasteiger partial charge in [0, 0.05) is 10.7 Å². The highest BCUT2D eigenvalue weighted by molar-refractivity contribution is 8.05. The molecule has 1 amide bonds. The van der Waals surface area contributed by atoms with E-state index in [1.165, 1.54) is 11.8 Å². The zero-order valence-electron chi connectivity index (χ0n) is 18.3. The summed E-state index contributed by atoms with van der Waals surface area (Å²) < 4.78 is 11.4. The zero-order chi connectivity index (χ0) is 24.2. The first-order chi connectivity index (χ1) is 16.3. The molecule has 1 saturated heterocycles.